The highest BCUT2D eigenvalue weighted by Crippen LogP contribution is 2.24. The summed E-state index contributed by atoms with van der Waals surface area (Å²) >= 11 is 1.31. The topological polar surface area (TPSA) is 95.4 Å². The van der Waals surface area contributed by atoms with E-state index in [0.29, 0.717) is 16.9 Å². The summed E-state index contributed by atoms with van der Waals surface area (Å²) in [4.78, 5) is 8.76. The third kappa shape index (κ3) is 3.06. The highest BCUT2D eigenvalue weighted by molar-refractivity contribution is 7.99. The first-order chi connectivity index (χ1) is 10.3. The van der Waals surface area contributed by atoms with Gasteiger partial charge in [0.05, 0.1) is 11.4 Å². The molecule has 0 aliphatic carbocycles. The van der Waals surface area contributed by atoms with E-state index in [1.54, 1.807) is 4.68 Å². The summed E-state index contributed by atoms with van der Waals surface area (Å²) in [5, 5.41) is 12.9. The zero-order valence-electron chi connectivity index (χ0n) is 11.3. The van der Waals surface area contributed by atoms with Gasteiger partial charge in [-0.2, -0.15) is 4.68 Å². The molecule has 21 heavy (non-hydrogen) atoms. The third-order valence-electron chi connectivity index (χ3n) is 2.72. The van der Waals surface area contributed by atoms with Crippen LogP contribution in [0.1, 0.15) is 11.4 Å². The number of hydrogen-bond donors (Lipinski definition) is 1. The molecule has 2 aromatic heterocycles. The molecule has 7 nitrogen and oxygen atoms in total. The minimum Gasteiger partial charge on any atom is -0.325 e. The maximum absolute atomic E-state index is 5.64. The Labute approximate surface area is 125 Å². The number of hydrogen-bond acceptors (Lipinski definition) is 7. The highest BCUT2D eigenvalue weighted by atomic mass is 32.2. The Kier molecular flexibility index (Phi) is 3.89. The van der Waals surface area contributed by atoms with Crippen LogP contribution < -0.4 is 5.73 Å². The molecular weight excluding hydrogens is 286 g/mol. The molecule has 106 valence electrons. The van der Waals surface area contributed by atoms with Crippen molar-refractivity contribution in [3.05, 3.63) is 47.8 Å². The largest absolute Gasteiger partial charge is 0.325 e. The lowest BCUT2D eigenvalue weighted by Gasteiger charge is -2.05. The van der Waals surface area contributed by atoms with E-state index >= 15 is 0 Å². The Morgan fingerprint density at radius 2 is 2.00 bits per heavy atom. The summed E-state index contributed by atoms with van der Waals surface area (Å²) in [6, 6.07) is 11.5. The van der Waals surface area contributed by atoms with Gasteiger partial charge >= 0.3 is 0 Å². The number of benzene rings is 1. The summed E-state index contributed by atoms with van der Waals surface area (Å²) in [7, 11) is 0. The molecule has 2 N–H and O–H groups in total. The predicted octanol–water partition coefficient (Wildman–Crippen LogP) is 1.37. The van der Waals surface area contributed by atoms with Gasteiger partial charge in [-0.15, -0.1) is 5.10 Å². The van der Waals surface area contributed by atoms with Crippen molar-refractivity contribution in [1.29, 1.82) is 0 Å². The second kappa shape index (κ2) is 5.98. The molecule has 8 heteroatoms. The van der Waals surface area contributed by atoms with Gasteiger partial charge < -0.3 is 5.73 Å². The second-order valence-electron chi connectivity index (χ2n) is 4.30. The average molecular weight is 299 g/mol. The fourth-order valence-corrected chi connectivity index (χ4v) is 2.63. The summed E-state index contributed by atoms with van der Waals surface area (Å²) < 4.78 is 1.65. The molecule has 0 saturated heterocycles. The van der Waals surface area contributed by atoms with Gasteiger partial charge in [0.15, 0.2) is 5.16 Å². The van der Waals surface area contributed by atoms with E-state index in [1.807, 2.05) is 43.3 Å². The van der Waals surface area contributed by atoms with Crippen LogP contribution >= 0.6 is 11.8 Å². The average Bonchev–Trinajstić information content (AvgIpc) is 2.95. The molecule has 0 amide bonds. The number of rotatable bonds is 4. The van der Waals surface area contributed by atoms with Crippen molar-refractivity contribution in [2.24, 2.45) is 5.73 Å². The van der Waals surface area contributed by atoms with E-state index in [2.05, 4.69) is 25.5 Å². The summed E-state index contributed by atoms with van der Waals surface area (Å²) in [6.07, 6.45) is 0. The standard InChI is InChI=1S/C13H13N7S/c1-9-7-10(8-14)16-12(15-9)21-13-17-18-19-20(13)11-5-3-2-4-6-11/h2-7H,8,14H2,1H3. The van der Waals surface area contributed by atoms with Crippen LogP contribution in [0.2, 0.25) is 0 Å². The van der Waals surface area contributed by atoms with E-state index < -0.39 is 0 Å². The van der Waals surface area contributed by atoms with Crippen LogP contribution in [0.5, 0.6) is 0 Å². The Balaban J connectivity index is 1.93. The first-order valence-electron chi connectivity index (χ1n) is 6.32. The monoisotopic (exact) mass is 299 g/mol. The quantitative estimate of drug-likeness (QED) is 0.727. The van der Waals surface area contributed by atoms with Crippen LogP contribution in [0.15, 0.2) is 46.7 Å². The van der Waals surface area contributed by atoms with Gasteiger partial charge in [-0.1, -0.05) is 18.2 Å². The van der Waals surface area contributed by atoms with Crippen molar-refractivity contribution in [1.82, 2.24) is 30.2 Å². The minimum atomic E-state index is 0.376. The number of tetrazole rings is 1. The minimum absolute atomic E-state index is 0.376. The zero-order valence-corrected chi connectivity index (χ0v) is 12.2. The van der Waals surface area contributed by atoms with Crippen LogP contribution in [-0.4, -0.2) is 30.2 Å². The smallest absolute Gasteiger partial charge is 0.221 e. The lowest BCUT2D eigenvalue weighted by Crippen LogP contribution is -2.04. The predicted molar refractivity (Wildman–Crippen MR) is 77.9 cm³/mol. The van der Waals surface area contributed by atoms with Crippen molar-refractivity contribution in [2.75, 3.05) is 0 Å². The van der Waals surface area contributed by atoms with Gasteiger partial charge in [0, 0.05) is 12.2 Å². The molecule has 0 fully saturated rings. The van der Waals surface area contributed by atoms with Gasteiger partial charge in [-0.3, -0.25) is 0 Å². The van der Waals surface area contributed by atoms with Gasteiger partial charge in [-0.25, -0.2) is 9.97 Å². The maximum atomic E-state index is 5.64. The Morgan fingerprint density at radius 1 is 1.19 bits per heavy atom. The van der Waals surface area contributed by atoms with Crippen molar-refractivity contribution >= 4 is 11.8 Å². The van der Waals surface area contributed by atoms with Gasteiger partial charge in [0.1, 0.15) is 0 Å². The molecular formula is C13H13N7S. The molecule has 0 aliphatic heterocycles. The molecule has 0 unspecified atom stereocenters. The van der Waals surface area contributed by atoms with Crippen LogP contribution in [-0.2, 0) is 6.54 Å². The molecule has 2 heterocycles. The van der Waals surface area contributed by atoms with E-state index in [0.717, 1.165) is 17.1 Å². The number of aryl methyl sites for hydroxylation is 1. The second-order valence-corrected chi connectivity index (χ2v) is 5.23. The van der Waals surface area contributed by atoms with Crippen molar-refractivity contribution < 1.29 is 0 Å². The molecule has 3 rings (SSSR count). The van der Waals surface area contributed by atoms with Crippen molar-refractivity contribution in [2.45, 2.75) is 23.8 Å². The lowest BCUT2D eigenvalue weighted by atomic mass is 10.3. The number of nitrogens with zero attached hydrogens (tertiary/aromatic N) is 6. The Hall–Kier alpha value is -2.32. The van der Waals surface area contributed by atoms with Crippen LogP contribution in [0.3, 0.4) is 0 Å². The van der Waals surface area contributed by atoms with E-state index in [4.69, 9.17) is 5.73 Å². The number of aromatic nitrogens is 6. The molecule has 0 spiro atoms. The highest BCUT2D eigenvalue weighted by Gasteiger charge is 2.12. The van der Waals surface area contributed by atoms with E-state index in [1.165, 1.54) is 11.8 Å². The molecule has 0 radical (unpaired) electrons. The van der Waals surface area contributed by atoms with Crippen LogP contribution in [0, 0.1) is 6.92 Å². The van der Waals surface area contributed by atoms with Crippen molar-refractivity contribution in [3.8, 4) is 5.69 Å². The first kappa shape index (κ1) is 13.7. The molecule has 0 bridgehead atoms. The van der Waals surface area contributed by atoms with E-state index in [-0.39, 0.29) is 0 Å². The Morgan fingerprint density at radius 3 is 2.76 bits per heavy atom. The third-order valence-corrected chi connectivity index (χ3v) is 3.52. The molecule has 3 aromatic rings. The lowest BCUT2D eigenvalue weighted by molar-refractivity contribution is 0.753. The van der Waals surface area contributed by atoms with Crippen LogP contribution in [0.25, 0.3) is 5.69 Å². The van der Waals surface area contributed by atoms with Gasteiger partial charge in [0.2, 0.25) is 5.16 Å². The van der Waals surface area contributed by atoms with Gasteiger partial charge in [0.25, 0.3) is 0 Å². The SMILES string of the molecule is Cc1cc(CN)nc(Sc2nnnn2-c2ccccc2)n1. The number of nitrogens with two attached hydrogens (primary N) is 1. The van der Waals surface area contributed by atoms with E-state index in [9.17, 15) is 0 Å². The van der Waals surface area contributed by atoms with Crippen molar-refractivity contribution in [3.63, 3.8) is 0 Å². The summed E-state index contributed by atoms with van der Waals surface area (Å²) in [6.45, 7) is 2.28. The zero-order chi connectivity index (χ0) is 14.7. The summed E-state index contributed by atoms with van der Waals surface area (Å²) in [5.41, 5.74) is 8.19. The number of para-hydroxylation sites is 1. The van der Waals surface area contributed by atoms with Crippen LogP contribution in [0.4, 0.5) is 0 Å². The molecule has 0 aliphatic rings. The van der Waals surface area contributed by atoms with Gasteiger partial charge in [-0.05, 0) is 47.3 Å². The fraction of sp³-hybridized carbons (Fsp3) is 0.154. The molecule has 0 atom stereocenters. The first-order valence-corrected chi connectivity index (χ1v) is 7.14. The molecule has 1 aromatic carbocycles. The normalized spacial score (nSPS) is 10.8. The maximum Gasteiger partial charge on any atom is 0.221 e. The fourth-order valence-electron chi connectivity index (χ4n) is 1.81. The molecule has 0 saturated carbocycles. The Bertz CT molecular complexity index is 741. The summed E-state index contributed by atoms with van der Waals surface area (Å²) in [5.74, 6) is 0.